The number of aliphatic hydroxyl groups is 1. The first-order chi connectivity index (χ1) is 43.7. The Morgan fingerprint density at radius 3 is 1.61 bits per heavy atom. The highest BCUT2D eigenvalue weighted by Gasteiger charge is 2.42. The highest BCUT2D eigenvalue weighted by molar-refractivity contribution is 8.77. The average molecular weight is 1350 g/mol. The van der Waals surface area contributed by atoms with Crippen LogP contribution in [-0.2, 0) is 78.3 Å². The van der Waals surface area contributed by atoms with Crippen molar-refractivity contribution in [3.8, 4) is 5.75 Å². The van der Waals surface area contributed by atoms with Crippen LogP contribution in [0.4, 0.5) is 0 Å². The molecule has 0 spiro atoms. The van der Waals surface area contributed by atoms with Gasteiger partial charge >= 0.3 is 23.9 Å². The van der Waals surface area contributed by atoms with Crippen molar-refractivity contribution in [1.29, 1.82) is 0 Å². The van der Waals surface area contributed by atoms with Crippen LogP contribution in [0.5, 0.6) is 5.75 Å². The number of aliphatic hydroxyl groups excluding tert-OH is 1. The lowest BCUT2D eigenvalue weighted by Gasteiger charge is -2.32. The second kappa shape index (κ2) is 38.0. The average Bonchev–Trinajstić information content (AvgIpc) is 1.90. The molecule has 1 aromatic carbocycles. The fourth-order valence-electron chi connectivity index (χ4n) is 9.52. The van der Waals surface area contributed by atoms with E-state index in [0.717, 1.165) is 26.5 Å². The SMILES string of the molecule is CC[C@H](C)[C@@H]1NC(=O)[C@H](CO)NC(=O)[C@@H](N)C(C)(C)SSC[C@@H](C(=O)O)NC(=O)[C@@H](CCCCN)NC(=O)[C@H]([C@@H](C)CC)NC(=O)[C@H](CC(=O)O)NC(=O)[C@H](CC(=O)O)NC(=O)CNC(=O)[C@@H]2CCCN2C(=O)[C@H](CC(=O)O)NC(=O)[C@H](Cc2ccc(O)cc2)NC1=O. The molecule has 0 unspecified atom stereocenters. The quantitative estimate of drug-likeness (QED) is 0.0488. The molecule has 0 bridgehead atoms. The maximum atomic E-state index is 14.4. The summed E-state index contributed by atoms with van der Waals surface area (Å²) in [4.78, 5) is 204. The predicted octanol–water partition coefficient (Wildman–Crippen LogP) is -4.37. The highest BCUT2D eigenvalue weighted by Crippen LogP contribution is 2.38. The molecule has 2 heterocycles. The molecule has 518 valence electrons. The zero-order valence-corrected chi connectivity index (χ0v) is 54.0. The number of hydrogen-bond donors (Lipinski definition) is 18. The molecule has 20 N–H and O–H groups in total. The zero-order chi connectivity index (χ0) is 70.0. The molecule has 36 heteroatoms. The molecular formula is C57H87N13O21S2. The number of unbranched alkanes of at least 4 members (excludes halogenated alkanes) is 1. The largest absolute Gasteiger partial charge is 0.508 e. The number of nitrogens with one attached hydrogen (secondary N) is 10. The first kappa shape index (κ1) is 78.9. The molecule has 0 aromatic heterocycles. The number of aromatic hydroxyl groups is 1. The fourth-order valence-corrected chi connectivity index (χ4v) is 12.3. The van der Waals surface area contributed by atoms with E-state index >= 15 is 0 Å². The number of benzene rings is 1. The Kier molecular flexibility index (Phi) is 32.2. The Bertz CT molecular complexity index is 2870. The highest BCUT2D eigenvalue weighted by atomic mass is 33.1. The van der Waals surface area contributed by atoms with E-state index in [2.05, 4.69) is 53.2 Å². The Balaban J connectivity index is 2.16. The normalized spacial score (nSPS) is 26.8. The van der Waals surface area contributed by atoms with Gasteiger partial charge in [0, 0.05) is 23.5 Å². The van der Waals surface area contributed by atoms with Crippen LogP contribution in [0.2, 0.25) is 0 Å². The van der Waals surface area contributed by atoms with E-state index in [4.69, 9.17) is 11.5 Å². The Morgan fingerprint density at radius 1 is 0.613 bits per heavy atom. The van der Waals surface area contributed by atoms with Crippen molar-refractivity contribution in [2.75, 3.05) is 32.0 Å². The molecule has 13 atom stereocenters. The standard InChI is InChI=1S/C57H87N13O21S2/c1-7-27(3)43-52(86)62-31(12-9-10-18-58)46(80)67-37(56(90)91)26-92-93-57(5,6)45(59)54(88)66-36(25-71)50(84)69-44(28(4)8-2)53(87)64-32(20-29-14-16-30(72)17-15-29)47(81)65-35(23-42(78)79)55(89)70-19-11-13-38(70)51(85)60-24-39(73)61-33(21-40(74)75)48(82)63-34(22-41(76)77)49(83)68-43/h14-17,27-28,31-38,43-45,71-72H,7-13,18-26,58-59H2,1-6H3,(H,60,85)(H,61,73)(H,62,86)(H,63,82)(H,64,87)(H,65,81)(H,66,88)(H,67,80)(H,68,83)(H,69,84)(H,74,75)(H,76,77)(H,78,79)(H,90,91)/t27-,28-,31+,32-,33-,34-,35-,36-,37-,38-,43-,44-,45+/m0/s1. The molecular weight excluding hydrogens is 1270 g/mol. The second-order valence-corrected chi connectivity index (χ2v) is 26.1. The molecule has 34 nitrogen and oxygen atoms in total. The van der Waals surface area contributed by atoms with Gasteiger partial charge in [0.05, 0.1) is 38.5 Å². The third kappa shape index (κ3) is 25.2. The maximum absolute atomic E-state index is 14.4. The minimum atomic E-state index is -2.07. The number of phenolic OH excluding ortho intramolecular Hbond substituents is 1. The third-order valence-corrected chi connectivity index (χ3v) is 18.8. The number of aliphatic carboxylic acids is 4. The smallest absolute Gasteiger partial charge is 0.327 e. The number of carbonyl (C=O) groups is 15. The Morgan fingerprint density at radius 2 is 1.09 bits per heavy atom. The van der Waals surface area contributed by atoms with Gasteiger partial charge in [-0.15, -0.1) is 0 Å². The summed E-state index contributed by atoms with van der Waals surface area (Å²) in [5, 5.41) is 83.7. The number of fused-ring (bicyclic) bond motifs is 1. The van der Waals surface area contributed by atoms with E-state index in [0.29, 0.717) is 12.0 Å². The van der Waals surface area contributed by atoms with Gasteiger partial charge in [0.2, 0.25) is 65.0 Å². The van der Waals surface area contributed by atoms with E-state index in [-0.39, 0.29) is 69.5 Å². The third-order valence-electron chi connectivity index (χ3n) is 15.4. The lowest BCUT2D eigenvalue weighted by molar-refractivity contribution is -0.146. The number of hydrogen-bond acceptors (Lipinski definition) is 21. The van der Waals surface area contributed by atoms with Crippen LogP contribution in [0.3, 0.4) is 0 Å². The number of phenols is 1. The minimum Gasteiger partial charge on any atom is -0.508 e. The molecule has 93 heavy (non-hydrogen) atoms. The van der Waals surface area contributed by atoms with Gasteiger partial charge in [-0.3, -0.25) is 67.1 Å². The van der Waals surface area contributed by atoms with Gasteiger partial charge in [-0.1, -0.05) is 74.3 Å². The van der Waals surface area contributed by atoms with Gasteiger partial charge in [0.25, 0.3) is 0 Å². The van der Waals surface area contributed by atoms with Crippen LogP contribution >= 0.6 is 21.6 Å². The molecule has 2 aliphatic rings. The summed E-state index contributed by atoms with van der Waals surface area (Å²) in [5.74, 6) is -20.9. The van der Waals surface area contributed by atoms with Crippen LogP contribution in [0.25, 0.3) is 0 Å². The number of nitrogens with zero attached hydrogens (tertiary/aromatic N) is 1. The Hall–Kier alpha value is -8.35. The van der Waals surface area contributed by atoms with Gasteiger partial charge in [-0.2, -0.15) is 0 Å². The number of carboxylic acid groups (broad SMARTS) is 4. The first-order valence-electron chi connectivity index (χ1n) is 30.0. The monoisotopic (exact) mass is 1350 g/mol. The molecule has 1 aromatic rings. The van der Waals surface area contributed by atoms with Gasteiger partial charge in [0.15, 0.2) is 0 Å². The zero-order valence-electron chi connectivity index (χ0n) is 52.4. The molecule has 0 aliphatic carbocycles. The van der Waals surface area contributed by atoms with Crippen molar-refractivity contribution in [2.45, 2.75) is 183 Å². The number of amides is 11. The van der Waals surface area contributed by atoms with Crippen LogP contribution in [0.1, 0.15) is 111 Å². The van der Waals surface area contributed by atoms with E-state index in [1.54, 1.807) is 20.8 Å². The maximum Gasteiger partial charge on any atom is 0.327 e. The first-order valence-corrected chi connectivity index (χ1v) is 32.3. The summed E-state index contributed by atoms with van der Waals surface area (Å²) < 4.78 is -1.31. The van der Waals surface area contributed by atoms with Crippen LogP contribution in [-0.4, -0.2) is 228 Å². The summed E-state index contributed by atoms with van der Waals surface area (Å²) in [6.45, 7) is 7.25. The fraction of sp³-hybridized carbons (Fsp3) is 0.632. The summed E-state index contributed by atoms with van der Waals surface area (Å²) in [6.07, 6.45) is -2.94. The van der Waals surface area contributed by atoms with E-state index in [1.165, 1.54) is 45.0 Å². The lowest BCUT2D eigenvalue weighted by Crippen LogP contribution is -2.62. The molecule has 2 aliphatic heterocycles. The van der Waals surface area contributed by atoms with Crippen LogP contribution < -0.4 is 64.6 Å². The van der Waals surface area contributed by atoms with Crippen molar-refractivity contribution in [1.82, 2.24) is 58.1 Å². The number of nitrogens with two attached hydrogens (primary N) is 2. The molecule has 0 saturated carbocycles. The van der Waals surface area contributed by atoms with Gasteiger partial charge in [-0.25, -0.2) is 4.79 Å². The molecule has 0 radical (unpaired) electrons. The lowest BCUT2D eigenvalue weighted by atomic mass is 9.96. The topological polar surface area (TPSA) is 553 Å². The second-order valence-electron chi connectivity index (χ2n) is 23.1. The predicted molar refractivity (Wildman–Crippen MR) is 332 cm³/mol. The van der Waals surface area contributed by atoms with Gasteiger partial charge in [-0.05, 0) is 82.0 Å². The minimum absolute atomic E-state index is 0.0758. The number of carboxylic acids is 4. The van der Waals surface area contributed by atoms with Crippen molar-refractivity contribution in [2.24, 2.45) is 23.3 Å². The van der Waals surface area contributed by atoms with E-state index < -0.39 is 204 Å². The summed E-state index contributed by atoms with van der Waals surface area (Å²) in [7, 11) is 1.76. The summed E-state index contributed by atoms with van der Waals surface area (Å²) >= 11 is 0. The van der Waals surface area contributed by atoms with Gasteiger partial charge in [0.1, 0.15) is 66.2 Å². The summed E-state index contributed by atoms with van der Waals surface area (Å²) in [5.41, 5.74) is 12.4. The van der Waals surface area contributed by atoms with Gasteiger partial charge < -0.3 is 100 Å². The molecule has 11 amide bonds. The summed E-state index contributed by atoms with van der Waals surface area (Å²) in [6, 6.07) is -13.4. The van der Waals surface area contributed by atoms with Crippen molar-refractivity contribution in [3.05, 3.63) is 29.8 Å². The molecule has 2 saturated heterocycles. The van der Waals surface area contributed by atoms with E-state index in [1.807, 2.05) is 0 Å². The molecule has 3 rings (SSSR count). The van der Waals surface area contributed by atoms with Crippen molar-refractivity contribution >= 4 is 110 Å². The van der Waals surface area contributed by atoms with Crippen molar-refractivity contribution in [3.63, 3.8) is 0 Å². The number of rotatable bonds is 18. The van der Waals surface area contributed by atoms with Crippen LogP contribution in [0.15, 0.2) is 24.3 Å². The molecule has 2 fully saturated rings. The van der Waals surface area contributed by atoms with Crippen LogP contribution in [0, 0.1) is 11.8 Å². The van der Waals surface area contributed by atoms with E-state index in [9.17, 15) is 103 Å². The number of carbonyl (C=O) groups excluding carboxylic acids is 11. The Labute approximate surface area is 543 Å². The van der Waals surface area contributed by atoms with Crippen molar-refractivity contribution < 1.29 is 103 Å².